The van der Waals surface area contributed by atoms with Gasteiger partial charge in [0.25, 0.3) is 0 Å². The quantitative estimate of drug-likeness (QED) is 0.686. The van der Waals surface area contributed by atoms with E-state index in [1.807, 2.05) is 24.3 Å². The van der Waals surface area contributed by atoms with Gasteiger partial charge in [-0.15, -0.1) is 0 Å². The van der Waals surface area contributed by atoms with Crippen LogP contribution < -0.4 is 15.4 Å². The third-order valence-corrected chi connectivity index (χ3v) is 7.88. The van der Waals surface area contributed by atoms with Gasteiger partial charge in [0, 0.05) is 30.1 Å². The Morgan fingerprint density at radius 1 is 1.00 bits per heavy atom. The molecule has 5 aliphatic rings. The van der Waals surface area contributed by atoms with E-state index in [-0.39, 0.29) is 17.2 Å². The van der Waals surface area contributed by atoms with Gasteiger partial charge in [0.05, 0.1) is 6.10 Å². The number of benzene rings is 1. The zero-order valence-electron chi connectivity index (χ0n) is 17.8. The van der Waals surface area contributed by atoms with Gasteiger partial charge >= 0.3 is 0 Å². The van der Waals surface area contributed by atoms with Crippen LogP contribution in [0.25, 0.3) is 0 Å². The Morgan fingerprint density at radius 2 is 1.67 bits per heavy atom. The number of carbonyl (C=O) groups is 2. The molecule has 0 heterocycles. The number of anilines is 1. The number of ether oxygens (including phenoxy) is 1. The van der Waals surface area contributed by atoms with Gasteiger partial charge in [-0.05, 0) is 94.1 Å². The minimum absolute atomic E-state index is 0.0705. The van der Waals surface area contributed by atoms with Crippen molar-refractivity contribution in [3.05, 3.63) is 24.3 Å². The van der Waals surface area contributed by atoms with E-state index < -0.39 is 0 Å². The van der Waals surface area contributed by atoms with E-state index in [0.29, 0.717) is 19.1 Å². The van der Waals surface area contributed by atoms with Crippen LogP contribution in [0, 0.1) is 23.2 Å². The zero-order valence-corrected chi connectivity index (χ0v) is 17.8. The lowest BCUT2D eigenvalue weighted by atomic mass is 9.49. The molecule has 5 heteroatoms. The number of hydrogen-bond donors (Lipinski definition) is 2. The first-order valence-corrected chi connectivity index (χ1v) is 11.9. The topological polar surface area (TPSA) is 67.4 Å². The van der Waals surface area contributed by atoms with Crippen LogP contribution in [0.1, 0.15) is 70.6 Å². The molecule has 0 aromatic heterocycles. The van der Waals surface area contributed by atoms with Crippen LogP contribution in [0.4, 0.5) is 5.69 Å². The van der Waals surface area contributed by atoms with E-state index in [1.165, 1.54) is 32.1 Å². The average Bonchev–Trinajstić information content (AvgIpc) is 3.20. The Labute approximate surface area is 179 Å². The summed E-state index contributed by atoms with van der Waals surface area (Å²) in [5.74, 6) is 3.20. The maximum atomic E-state index is 13.0. The van der Waals surface area contributed by atoms with Crippen molar-refractivity contribution in [2.24, 2.45) is 23.2 Å². The third-order valence-electron chi connectivity index (χ3n) is 7.88. The second kappa shape index (κ2) is 8.24. The predicted octanol–water partition coefficient (Wildman–Crippen LogP) is 4.67. The molecular weight excluding hydrogens is 376 g/mol. The maximum Gasteiger partial charge on any atom is 0.226 e. The molecule has 0 aliphatic heterocycles. The second-order valence-electron chi connectivity index (χ2n) is 10.3. The summed E-state index contributed by atoms with van der Waals surface area (Å²) in [5, 5.41) is 6.04. The maximum absolute atomic E-state index is 13.0. The Bertz CT molecular complexity index is 764. The van der Waals surface area contributed by atoms with Gasteiger partial charge in [-0.2, -0.15) is 0 Å². The number of amides is 2. The van der Waals surface area contributed by atoms with Gasteiger partial charge in [-0.25, -0.2) is 0 Å². The fraction of sp³-hybridized carbons (Fsp3) is 0.680. The van der Waals surface area contributed by atoms with Crippen molar-refractivity contribution in [1.29, 1.82) is 0 Å². The lowest BCUT2D eigenvalue weighted by molar-refractivity contribution is -0.146. The summed E-state index contributed by atoms with van der Waals surface area (Å²) < 4.78 is 6.02. The average molecular weight is 411 g/mol. The molecule has 5 fully saturated rings. The Kier molecular flexibility index (Phi) is 5.46. The summed E-state index contributed by atoms with van der Waals surface area (Å²) >= 11 is 0. The molecule has 5 saturated carbocycles. The van der Waals surface area contributed by atoms with Crippen molar-refractivity contribution in [3.63, 3.8) is 0 Å². The van der Waals surface area contributed by atoms with Crippen molar-refractivity contribution in [2.75, 3.05) is 11.9 Å². The van der Waals surface area contributed by atoms with Crippen LogP contribution in [-0.4, -0.2) is 24.5 Å². The molecular formula is C25H34N2O3. The summed E-state index contributed by atoms with van der Waals surface area (Å²) in [7, 11) is 0. The summed E-state index contributed by atoms with van der Waals surface area (Å²) in [4.78, 5) is 25.4. The molecule has 2 N–H and O–H groups in total. The monoisotopic (exact) mass is 410 g/mol. The smallest absolute Gasteiger partial charge is 0.226 e. The predicted molar refractivity (Wildman–Crippen MR) is 116 cm³/mol. The van der Waals surface area contributed by atoms with E-state index in [0.717, 1.165) is 61.3 Å². The van der Waals surface area contributed by atoms with Gasteiger partial charge in [0.2, 0.25) is 11.8 Å². The minimum atomic E-state index is -0.142. The van der Waals surface area contributed by atoms with E-state index in [9.17, 15) is 9.59 Å². The normalized spacial score (nSPS) is 32.2. The summed E-state index contributed by atoms with van der Waals surface area (Å²) in [6.45, 7) is 0.407. The van der Waals surface area contributed by atoms with Crippen LogP contribution in [-0.2, 0) is 9.59 Å². The first-order valence-electron chi connectivity index (χ1n) is 11.9. The SMILES string of the molecule is O=C(CCNC(=O)C12CC3CC(CC(C3)C1)C2)Nc1cccc(OC2CCCC2)c1. The molecule has 0 radical (unpaired) electrons. The molecule has 1 aromatic carbocycles. The molecule has 1 aromatic rings. The first kappa shape index (κ1) is 19.9. The van der Waals surface area contributed by atoms with E-state index in [4.69, 9.17) is 4.74 Å². The van der Waals surface area contributed by atoms with Gasteiger partial charge in [-0.3, -0.25) is 9.59 Å². The standard InChI is InChI=1S/C25H34N2O3/c28-23(27-20-4-3-7-22(13-20)30-21-5-1-2-6-21)8-9-26-24(29)25-14-17-10-18(15-25)12-19(11-17)16-25/h3-4,7,13,17-19,21H,1-2,5-6,8-12,14-16H2,(H,26,29)(H,27,28). The number of rotatable bonds is 7. The summed E-state index contributed by atoms with van der Waals surface area (Å²) in [6.07, 6.45) is 12.5. The van der Waals surface area contributed by atoms with Crippen LogP contribution >= 0.6 is 0 Å². The zero-order chi connectivity index (χ0) is 20.6. The van der Waals surface area contributed by atoms with Crippen molar-refractivity contribution in [3.8, 4) is 5.75 Å². The van der Waals surface area contributed by atoms with Gasteiger partial charge in [0.15, 0.2) is 0 Å². The molecule has 30 heavy (non-hydrogen) atoms. The van der Waals surface area contributed by atoms with Crippen LogP contribution in [0.3, 0.4) is 0 Å². The van der Waals surface area contributed by atoms with Crippen LogP contribution in [0.15, 0.2) is 24.3 Å². The molecule has 5 aliphatic carbocycles. The van der Waals surface area contributed by atoms with Crippen molar-refractivity contribution >= 4 is 17.5 Å². The highest BCUT2D eigenvalue weighted by Crippen LogP contribution is 2.60. The molecule has 0 unspecified atom stereocenters. The van der Waals surface area contributed by atoms with Crippen molar-refractivity contribution in [2.45, 2.75) is 76.7 Å². The first-order chi connectivity index (χ1) is 14.6. The number of nitrogens with one attached hydrogen (secondary N) is 2. The summed E-state index contributed by atoms with van der Waals surface area (Å²) in [6, 6.07) is 7.63. The van der Waals surface area contributed by atoms with E-state index >= 15 is 0 Å². The van der Waals surface area contributed by atoms with Crippen LogP contribution in [0.5, 0.6) is 5.75 Å². The lowest BCUT2D eigenvalue weighted by Gasteiger charge is -2.55. The van der Waals surface area contributed by atoms with Gasteiger partial charge in [0.1, 0.15) is 5.75 Å². The molecule has 0 atom stereocenters. The fourth-order valence-corrected chi connectivity index (χ4v) is 6.94. The Morgan fingerprint density at radius 3 is 2.33 bits per heavy atom. The minimum Gasteiger partial charge on any atom is -0.490 e. The molecule has 0 saturated heterocycles. The lowest BCUT2D eigenvalue weighted by Crippen LogP contribution is -2.53. The molecule has 162 valence electrons. The highest BCUT2D eigenvalue weighted by atomic mass is 16.5. The largest absolute Gasteiger partial charge is 0.490 e. The molecule has 0 spiro atoms. The number of carbonyl (C=O) groups excluding carboxylic acids is 2. The van der Waals surface area contributed by atoms with Gasteiger partial charge in [-0.1, -0.05) is 6.07 Å². The van der Waals surface area contributed by atoms with Gasteiger partial charge < -0.3 is 15.4 Å². The number of hydrogen-bond acceptors (Lipinski definition) is 3. The third kappa shape index (κ3) is 4.21. The molecule has 5 nitrogen and oxygen atoms in total. The molecule has 2 amide bonds. The highest BCUT2D eigenvalue weighted by molar-refractivity contribution is 5.91. The summed E-state index contributed by atoms with van der Waals surface area (Å²) in [5.41, 5.74) is 0.611. The molecule has 6 rings (SSSR count). The van der Waals surface area contributed by atoms with Crippen molar-refractivity contribution < 1.29 is 14.3 Å². The Hall–Kier alpha value is -2.04. The van der Waals surface area contributed by atoms with Crippen LogP contribution in [0.2, 0.25) is 0 Å². The van der Waals surface area contributed by atoms with E-state index in [2.05, 4.69) is 10.6 Å². The van der Waals surface area contributed by atoms with E-state index in [1.54, 1.807) is 0 Å². The van der Waals surface area contributed by atoms with Crippen molar-refractivity contribution in [1.82, 2.24) is 5.32 Å². The second-order valence-corrected chi connectivity index (χ2v) is 10.3. The fourth-order valence-electron chi connectivity index (χ4n) is 6.94. The molecule has 4 bridgehead atoms. The highest BCUT2D eigenvalue weighted by Gasteiger charge is 2.54. The Balaban J connectivity index is 1.09.